The first kappa shape index (κ1) is 19.3. The van der Waals surface area contributed by atoms with Crippen molar-refractivity contribution < 1.29 is 19.1 Å². The highest BCUT2D eigenvalue weighted by atomic mass is 16.5. The monoisotopic (exact) mass is 356 g/mol. The van der Waals surface area contributed by atoms with Crippen LogP contribution in [-0.2, 0) is 16.0 Å². The van der Waals surface area contributed by atoms with Gasteiger partial charge in [0, 0.05) is 18.7 Å². The zero-order valence-corrected chi connectivity index (χ0v) is 15.5. The maximum absolute atomic E-state index is 12.6. The van der Waals surface area contributed by atoms with Gasteiger partial charge in [-0.2, -0.15) is 0 Å². The Balaban J connectivity index is 2.23. The standard InChI is InChI=1S/C20H24N2O4/c1-5-15-8-6-7-9-18(15)22(14(2)23)13-20(24)21-17-12-16(25-3)10-11-19(17)26-4/h6-12H,5,13H2,1-4H3,(H,21,24). The van der Waals surface area contributed by atoms with Crippen molar-refractivity contribution >= 4 is 23.2 Å². The highest BCUT2D eigenvalue weighted by Crippen LogP contribution is 2.29. The third-order valence-corrected chi connectivity index (χ3v) is 4.03. The number of rotatable bonds is 7. The molecule has 1 N–H and O–H groups in total. The Morgan fingerprint density at radius 3 is 2.42 bits per heavy atom. The minimum Gasteiger partial charge on any atom is -0.497 e. The number of ether oxygens (including phenoxy) is 2. The molecule has 26 heavy (non-hydrogen) atoms. The van der Waals surface area contributed by atoms with E-state index in [0.29, 0.717) is 17.2 Å². The summed E-state index contributed by atoms with van der Waals surface area (Å²) in [6.07, 6.45) is 0.769. The molecule has 0 spiro atoms. The van der Waals surface area contributed by atoms with Crippen LogP contribution < -0.4 is 19.7 Å². The van der Waals surface area contributed by atoms with Crippen LogP contribution in [0.5, 0.6) is 11.5 Å². The highest BCUT2D eigenvalue weighted by molar-refractivity contribution is 6.02. The van der Waals surface area contributed by atoms with E-state index in [0.717, 1.165) is 17.7 Å². The van der Waals surface area contributed by atoms with Crippen molar-refractivity contribution in [1.29, 1.82) is 0 Å². The summed E-state index contributed by atoms with van der Waals surface area (Å²) in [4.78, 5) is 26.2. The van der Waals surface area contributed by atoms with Crippen molar-refractivity contribution in [3.05, 3.63) is 48.0 Å². The number of amides is 2. The molecule has 2 aromatic rings. The first-order valence-corrected chi connectivity index (χ1v) is 8.38. The van der Waals surface area contributed by atoms with Crippen LogP contribution in [0.2, 0.25) is 0 Å². The van der Waals surface area contributed by atoms with E-state index >= 15 is 0 Å². The molecular formula is C20H24N2O4. The Morgan fingerprint density at radius 1 is 1.08 bits per heavy atom. The number of carbonyl (C=O) groups is 2. The lowest BCUT2D eigenvalue weighted by atomic mass is 10.1. The second kappa shape index (κ2) is 8.89. The van der Waals surface area contributed by atoms with Gasteiger partial charge in [-0.3, -0.25) is 9.59 Å². The summed E-state index contributed by atoms with van der Waals surface area (Å²) >= 11 is 0. The second-order valence-corrected chi connectivity index (χ2v) is 5.70. The number of nitrogens with zero attached hydrogens (tertiary/aromatic N) is 1. The van der Waals surface area contributed by atoms with E-state index in [4.69, 9.17) is 9.47 Å². The average Bonchev–Trinajstić information content (AvgIpc) is 2.65. The van der Waals surface area contributed by atoms with Crippen LogP contribution in [0.3, 0.4) is 0 Å². The number of benzene rings is 2. The molecule has 0 bridgehead atoms. The maximum Gasteiger partial charge on any atom is 0.244 e. The SMILES string of the molecule is CCc1ccccc1N(CC(=O)Nc1cc(OC)ccc1OC)C(C)=O. The lowest BCUT2D eigenvalue weighted by Gasteiger charge is -2.23. The van der Waals surface area contributed by atoms with E-state index in [2.05, 4.69) is 5.32 Å². The van der Waals surface area contributed by atoms with Crippen LogP contribution in [0.15, 0.2) is 42.5 Å². The molecule has 0 aromatic heterocycles. The van der Waals surface area contributed by atoms with Gasteiger partial charge in [0.25, 0.3) is 0 Å². The molecule has 0 saturated carbocycles. The first-order chi connectivity index (χ1) is 12.5. The minimum absolute atomic E-state index is 0.0906. The molecule has 2 rings (SSSR count). The molecule has 0 aliphatic rings. The minimum atomic E-state index is -0.322. The number of methoxy groups -OCH3 is 2. The van der Waals surface area contributed by atoms with Crippen molar-refractivity contribution in [2.24, 2.45) is 0 Å². The number of nitrogens with one attached hydrogen (secondary N) is 1. The normalized spacial score (nSPS) is 10.2. The quantitative estimate of drug-likeness (QED) is 0.827. The van der Waals surface area contributed by atoms with E-state index in [-0.39, 0.29) is 18.4 Å². The van der Waals surface area contributed by atoms with Gasteiger partial charge in [-0.25, -0.2) is 0 Å². The zero-order chi connectivity index (χ0) is 19.1. The highest BCUT2D eigenvalue weighted by Gasteiger charge is 2.19. The predicted octanol–water partition coefficient (Wildman–Crippen LogP) is 3.26. The van der Waals surface area contributed by atoms with Crippen molar-refractivity contribution in [2.45, 2.75) is 20.3 Å². The van der Waals surface area contributed by atoms with E-state index < -0.39 is 0 Å². The molecule has 0 radical (unpaired) electrons. The van der Waals surface area contributed by atoms with Gasteiger partial charge in [-0.15, -0.1) is 0 Å². The van der Waals surface area contributed by atoms with Gasteiger partial charge in [0.2, 0.25) is 11.8 Å². The van der Waals surface area contributed by atoms with E-state index in [1.165, 1.54) is 18.9 Å². The molecule has 0 fully saturated rings. The summed E-state index contributed by atoms with van der Waals surface area (Å²) in [5.74, 6) is 0.597. The fourth-order valence-corrected chi connectivity index (χ4v) is 2.68. The predicted molar refractivity (Wildman–Crippen MR) is 102 cm³/mol. The summed E-state index contributed by atoms with van der Waals surface area (Å²) in [6, 6.07) is 12.7. The summed E-state index contributed by atoms with van der Waals surface area (Å²) in [7, 11) is 3.07. The zero-order valence-electron chi connectivity index (χ0n) is 15.5. The van der Waals surface area contributed by atoms with Crippen molar-refractivity contribution in [2.75, 3.05) is 31.0 Å². The van der Waals surface area contributed by atoms with Crippen LogP contribution in [0.25, 0.3) is 0 Å². The van der Waals surface area contributed by atoms with Gasteiger partial charge in [-0.05, 0) is 30.2 Å². The third kappa shape index (κ3) is 4.53. The largest absolute Gasteiger partial charge is 0.497 e. The Labute approximate surface area is 153 Å². The number of aryl methyl sites for hydroxylation is 1. The number of para-hydroxylation sites is 1. The van der Waals surface area contributed by atoms with Crippen LogP contribution in [-0.4, -0.2) is 32.6 Å². The van der Waals surface area contributed by atoms with E-state index in [9.17, 15) is 9.59 Å². The van der Waals surface area contributed by atoms with E-state index in [1.54, 1.807) is 25.3 Å². The summed E-state index contributed by atoms with van der Waals surface area (Å²) in [6.45, 7) is 3.37. The van der Waals surface area contributed by atoms with Gasteiger partial charge in [0.15, 0.2) is 0 Å². The molecule has 0 atom stereocenters. The fourth-order valence-electron chi connectivity index (χ4n) is 2.68. The molecule has 0 saturated heterocycles. The maximum atomic E-state index is 12.6. The van der Waals surface area contributed by atoms with Crippen LogP contribution in [0.1, 0.15) is 19.4 Å². The molecule has 6 heteroatoms. The molecule has 138 valence electrons. The molecule has 0 aliphatic carbocycles. The topological polar surface area (TPSA) is 67.9 Å². The first-order valence-electron chi connectivity index (χ1n) is 8.38. The fraction of sp³-hybridized carbons (Fsp3) is 0.300. The summed E-state index contributed by atoms with van der Waals surface area (Å²) in [5.41, 5.74) is 2.24. The van der Waals surface area contributed by atoms with Crippen LogP contribution in [0, 0.1) is 0 Å². The molecular weight excluding hydrogens is 332 g/mol. The average molecular weight is 356 g/mol. The summed E-state index contributed by atoms with van der Waals surface area (Å²) in [5, 5.41) is 2.79. The number of hydrogen-bond acceptors (Lipinski definition) is 4. The smallest absolute Gasteiger partial charge is 0.244 e. The van der Waals surface area contributed by atoms with Crippen molar-refractivity contribution in [3.8, 4) is 11.5 Å². The van der Waals surface area contributed by atoms with Crippen molar-refractivity contribution in [1.82, 2.24) is 0 Å². The lowest BCUT2D eigenvalue weighted by molar-refractivity contribution is -0.120. The van der Waals surface area contributed by atoms with Gasteiger partial charge >= 0.3 is 0 Å². The van der Waals surface area contributed by atoms with E-state index in [1.807, 2.05) is 31.2 Å². The van der Waals surface area contributed by atoms with Gasteiger partial charge in [-0.1, -0.05) is 25.1 Å². The second-order valence-electron chi connectivity index (χ2n) is 5.70. The van der Waals surface area contributed by atoms with Gasteiger partial charge in [0.1, 0.15) is 18.0 Å². The molecule has 0 heterocycles. The summed E-state index contributed by atoms with van der Waals surface area (Å²) < 4.78 is 10.5. The Hall–Kier alpha value is -3.02. The Morgan fingerprint density at radius 2 is 1.81 bits per heavy atom. The molecule has 2 amide bonds. The number of hydrogen-bond donors (Lipinski definition) is 1. The van der Waals surface area contributed by atoms with Crippen LogP contribution in [0.4, 0.5) is 11.4 Å². The van der Waals surface area contributed by atoms with Gasteiger partial charge in [0.05, 0.1) is 19.9 Å². The molecule has 0 unspecified atom stereocenters. The van der Waals surface area contributed by atoms with Crippen LogP contribution >= 0.6 is 0 Å². The third-order valence-electron chi connectivity index (χ3n) is 4.03. The lowest BCUT2D eigenvalue weighted by Crippen LogP contribution is -2.37. The molecule has 0 aliphatic heterocycles. The Bertz CT molecular complexity index is 789. The molecule has 6 nitrogen and oxygen atoms in total. The van der Waals surface area contributed by atoms with Crippen molar-refractivity contribution in [3.63, 3.8) is 0 Å². The van der Waals surface area contributed by atoms with Gasteiger partial charge < -0.3 is 19.7 Å². The number of anilines is 2. The number of carbonyl (C=O) groups excluding carboxylic acids is 2. The molecule has 2 aromatic carbocycles. The Kier molecular flexibility index (Phi) is 6.60.